The molecule has 1 atom stereocenters. The van der Waals surface area contributed by atoms with E-state index in [1.165, 1.54) is 0 Å². The zero-order valence-corrected chi connectivity index (χ0v) is 13.8. The second kappa shape index (κ2) is 6.56. The number of hydrogen-bond acceptors (Lipinski definition) is 4. The molecule has 4 heteroatoms. The molecule has 0 aliphatic carbocycles. The summed E-state index contributed by atoms with van der Waals surface area (Å²) in [5, 5.41) is 3.58. The van der Waals surface area contributed by atoms with E-state index >= 15 is 0 Å². The number of methoxy groups -OCH3 is 2. The van der Waals surface area contributed by atoms with E-state index in [2.05, 4.69) is 32.2 Å². The maximum atomic E-state index is 6.41. The van der Waals surface area contributed by atoms with Crippen LogP contribution in [0.15, 0.2) is 12.1 Å². The molecule has 1 aliphatic rings. The fourth-order valence-electron chi connectivity index (χ4n) is 3.15. The van der Waals surface area contributed by atoms with Crippen molar-refractivity contribution in [2.45, 2.75) is 51.7 Å². The third kappa shape index (κ3) is 2.82. The van der Waals surface area contributed by atoms with E-state index in [0.717, 1.165) is 42.9 Å². The van der Waals surface area contributed by atoms with Crippen molar-refractivity contribution in [2.24, 2.45) is 0 Å². The zero-order chi connectivity index (χ0) is 15.5. The molecule has 1 unspecified atom stereocenters. The first-order valence-corrected chi connectivity index (χ1v) is 7.81. The monoisotopic (exact) mass is 293 g/mol. The molecular formula is C17H27NO3. The molecule has 1 aromatic carbocycles. The van der Waals surface area contributed by atoms with Gasteiger partial charge in [-0.2, -0.15) is 0 Å². The van der Waals surface area contributed by atoms with Gasteiger partial charge in [0.1, 0.15) is 5.60 Å². The first-order chi connectivity index (χ1) is 10.1. The number of hydrogen-bond donors (Lipinski definition) is 1. The Kier molecular flexibility index (Phi) is 4.99. The first kappa shape index (κ1) is 16.0. The van der Waals surface area contributed by atoms with Crippen LogP contribution in [0, 0.1) is 0 Å². The van der Waals surface area contributed by atoms with Gasteiger partial charge in [0.2, 0.25) is 5.75 Å². The Morgan fingerprint density at radius 1 is 1.19 bits per heavy atom. The standard InChI is InChI=1S/C17H27NO3/c1-6-17(7-2)11-13(18-8-3)12-9-10-14(19-4)16(20-5)15(12)21-17/h9-10,13,18H,6-8,11H2,1-5H3. The van der Waals surface area contributed by atoms with Gasteiger partial charge in [-0.25, -0.2) is 0 Å². The van der Waals surface area contributed by atoms with Gasteiger partial charge in [0.25, 0.3) is 0 Å². The molecule has 0 fully saturated rings. The smallest absolute Gasteiger partial charge is 0.203 e. The Bertz CT molecular complexity index is 483. The molecular weight excluding hydrogens is 266 g/mol. The molecule has 0 saturated heterocycles. The second-order valence-electron chi connectivity index (χ2n) is 5.53. The van der Waals surface area contributed by atoms with Gasteiger partial charge in [0, 0.05) is 18.0 Å². The van der Waals surface area contributed by atoms with Crippen LogP contribution in [0.2, 0.25) is 0 Å². The average molecular weight is 293 g/mol. The topological polar surface area (TPSA) is 39.7 Å². The van der Waals surface area contributed by atoms with Crippen molar-refractivity contribution in [3.05, 3.63) is 17.7 Å². The van der Waals surface area contributed by atoms with Gasteiger partial charge in [-0.05, 0) is 31.5 Å². The summed E-state index contributed by atoms with van der Waals surface area (Å²) in [6, 6.07) is 4.33. The maximum absolute atomic E-state index is 6.41. The highest BCUT2D eigenvalue weighted by molar-refractivity contribution is 5.58. The zero-order valence-electron chi connectivity index (χ0n) is 13.8. The van der Waals surface area contributed by atoms with E-state index in [1.54, 1.807) is 14.2 Å². The predicted molar refractivity (Wildman–Crippen MR) is 84.5 cm³/mol. The van der Waals surface area contributed by atoms with Crippen molar-refractivity contribution in [1.29, 1.82) is 0 Å². The molecule has 2 rings (SSSR count). The van der Waals surface area contributed by atoms with Crippen LogP contribution in [0.3, 0.4) is 0 Å². The highest BCUT2D eigenvalue weighted by Gasteiger charge is 2.40. The van der Waals surface area contributed by atoms with Gasteiger partial charge in [0.05, 0.1) is 14.2 Å². The first-order valence-electron chi connectivity index (χ1n) is 7.81. The van der Waals surface area contributed by atoms with Crippen LogP contribution < -0.4 is 19.5 Å². The normalized spacial score (nSPS) is 19.6. The van der Waals surface area contributed by atoms with Crippen molar-refractivity contribution < 1.29 is 14.2 Å². The fourth-order valence-corrected chi connectivity index (χ4v) is 3.15. The summed E-state index contributed by atoms with van der Waals surface area (Å²) in [4.78, 5) is 0. The van der Waals surface area contributed by atoms with Gasteiger partial charge in [-0.1, -0.05) is 20.8 Å². The van der Waals surface area contributed by atoms with Crippen LogP contribution >= 0.6 is 0 Å². The number of fused-ring (bicyclic) bond motifs is 1. The lowest BCUT2D eigenvalue weighted by Crippen LogP contribution is -2.43. The summed E-state index contributed by atoms with van der Waals surface area (Å²) < 4.78 is 17.4. The molecule has 21 heavy (non-hydrogen) atoms. The molecule has 1 aromatic rings. The highest BCUT2D eigenvalue weighted by atomic mass is 16.5. The minimum atomic E-state index is -0.139. The van der Waals surface area contributed by atoms with Crippen LogP contribution in [0.1, 0.15) is 51.6 Å². The lowest BCUT2D eigenvalue weighted by Gasteiger charge is -2.42. The van der Waals surface area contributed by atoms with E-state index in [9.17, 15) is 0 Å². The molecule has 1 heterocycles. The summed E-state index contributed by atoms with van der Waals surface area (Å²) >= 11 is 0. The number of ether oxygens (including phenoxy) is 3. The van der Waals surface area contributed by atoms with Gasteiger partial charge >= 0.3 is 0 Å². The van der Waals surface area contributed by atoms with Gasteiger partial charge < -0.3 is 19.5 Å². The summed E-state index contributed by atoms with van der Waals surface area (Å²) in [5.41, 5.74) is 1.02. The van der Waals surface area contributed by atoms with E-state index in [-0.39, 0.29) is 5.60 Å². The quantitative estimate of drug-likeness (QED) is 0.868. The van der Waals surface area contributed by atoms with Crippen LogP contribution in [-0.4, -0.2) is 26.4 Å². The third-order valence-corrected chi connectivity index (χ3v) is 4.54. The van der Waals surface area contributed by atoms with E-state index in [1.807, 2.05) is 6.07 Å². The number of benzene rings is 1. The summed E-state index contributed by atoms with van der Waals surface area (Å²) in [7, 11) is 3.32. The molecule has 1 aliphatic heterocycles. The van der Waals surface area contributed by atoms with Crippen molar-refractivity contribution in [3.8, 4) is 17.2 Å². The van der Waals surface area contributed by atoms with Gasteiger partial charge in [-0.3, -0.25) is 0 Å². The number of nitrogens with one attached hydrogen (secondary N) is 1. The van der Waals surface area contributed by atoms with Crippen LogP contribution in [-0.2, 0) is 0 Å². The van der Waals surface area contributed by atoms with Crippen LogP contribution in [0.5, 0.6) is 17.2 Å². The Hall–Kier alpha value is -1.42. The minimum Gasteiger partial charge on any atom is -0.493 e. The van der Waals surface area contributed by atoms with E-state index < -0.39 is 0 Å². The van der Waals surface area contributed by atoms with E-state index in [4.69, 9.17) is 14.2 Å². The maximum Gasteiger partial charge on any atom is 0.203 e. The Morgan fingerprint density at radius 2 is 1.90 bits per heavy atom. The molecule has 0 saturated carbocycles. The number of rotatable bonds is 6. The largest absolute Gasteiger partial charge is 0.493 e. The third-order valence-electron chi connectivity index (χ3n) is 4.54. The Labute approximate surface area is 127 Å². The predicted octanol–water partition coefficient (Wildman–Crippen LogP) is 3.70. The lowest BCUT2D eigenvalue weighted by atomic mass is 9.83. The molecule has 4 nitrogen and oxygen atoms in total. The van der Waals surface area contributed by atoms with E-state index in [0.29, 0.717) is 11.8 Å². The molecule has 0 radical (unpaired) electrons. The molecule has 0 spiro atoms. The van der Waals surface area contributed by atoms with Crippen molar-refractivity contribution in [3.63, 3.8) is 0 Å². The lowest BCUT2D eigenvalue weighted by molar-refractivity contribution is 0.0199. The van der Waals surface area contributed by atoms with Gasteiger partial charge in [-0.15, -0.1) is 0 Å². The van der Waals surface area contributed by atoms with Crippen molar-refractivity contribution >= 4 is 0 Å². The average Bonchev–Trinajstić information content (AvgIpc) is 2.53. The summed E-state index contributed by atoms with van der Waals surface area (Å²) in [6.07, 6.45) is 2.94. The van der Waals surface area contributed by atoms with Crippen molar-refractivity contribution in [1.82, 2.24) is 5.32 Å². The van der Waals surface area contributed by atoms with Gasteiger partial charge in [0.15, 0.2) is 11.5 Å². The second-order valence-corrected chi connectivity index (χ2v) is 5.53. The molecule has 0 bridgehead atoms. The Balaban J connectivity index is 2.54. The molecule has 118 valence electrons. The summed E-state index contributed by atoms with van der Waals surface area (Å²) in [6.45, 7) is 7.44. The SMILES string of the molecule is CCNC1CC(CC)(CC)Oc2c1ccc(OC)c2OC. The fraction of sp³-hybridized carbons (Fsp3) is 0.647. The summed E-state index contributed by atoms with van der Waals surface area (Å²) in [5.74, 6) is 2.25. The van der Waals surface area contributed by atoms with Crippen molar-refractivity contribution in [2.75, 3.05) is 20.8 Å². The molecule has 0 amide bonds. The highest BCUT2D eigenvalue weighted by Crippen LogP contribution is 2.50. The molecule has 0 aromatic heterocycles. The minimum absolute atomic E-state index is 0.139. The van der Waals surface area contributed by atoms with Crippen LogP contribution in [0.25, 0.3) is 0 Å². The molecule has 1 N–H and O–H groups in total. The van der Waals surface area contributed by atoms with Crippen LogP contribution in [0.4, 0.5) is 0 Å². The Morgan fingerprint density at radius 3 is 2.43 bits per heavy atom.